The molecule has 2 N–H and O–H groups in total. The Hall–Kier alpha value is -0.710. The summed E-state index contributed by atoms with van der Waals surface area (Å²) in [6, 6.07) is 7.83. The van der Waals surface area contributed by atoms with Crippen LogP contribution in [0, 0.1) is 5.92 Å². The van der Waals surface area contributed by atoms with Gasteiger partial charge in [-0.1, -0.05) is 19.1 Å². The van der Waals surface area contributed by atoms with E-state index in [0.717, 1.165) is 10.6 Å². The van der Waals surface area contributed by atoms with Gasteiger partial charge in [-0.05, 0) is 25.4 Å². The fraction of sp³-hybridized carbons (Fsp3) is 0.417. The van der Waals surface area contributed by atoms with Gasteiger partial charge in [-0.25, -0.2) is 0 Å². The van der Waals surface area contributed by atoms with E-state index in [0.29, 0.717) is 6.54 Å². The Morgan fingerprint density at radius 2 is 2.06 bits per heavy atom. The van der Waals surface area contributed by atoms with Crippen molar-refractivity contribution in [3.63, 3.8) is 0 Å². The molecule has 0 aliphatic rings. The molecule has 1 rings (SSSR count). The SMILES string of the molecule is CNCC(C)C(=O)Nc1ccccc1SC.Cl. The normalized spacial score (nSPS) is 11.5. The summed E-state index contributed by atoms with van der Waals surface area (Å²) >= 11 is 1.63. The van der Waals surface area contributed by atoms with E-state index in [1.165, 1.54) is 0 Å². The molecule has 0 saturated heterocycles. The molecule has 1 unspecified atom stereocenters. The highest BCUT2D eigenvalue weighted by atomic mass is 35.5. The Labute approximate surface area is 113 Å². The zero-order valence-electron chi connectivity index (χ0n) is 10.3. The van der Waals surface area contributed by atoms with Crippen molar-refractivity contribution >= 4 is 35.8 Å². The molecule has 1 amide bonds. The van der Waals surface area contributed by atoms with Crippen molar-refractivity contribution in [3.8, 4) is 0 Å². The second-order valence-corrected chi connectivity index (χ2v) is 4.50. The Morgan fingerprint density at radius 1 is 1.41 bits per heavy atom. The molecule has 0 radical (unpaired) electrons. The van der Waals surface area contributed by atoms with E-state index in [9.17, 15) is 4.79 Å². The summed E-state index contributed by atoms with van der Waals surface area (Å²) < 4.78 is 0. The van der Waals surface area contributed by atoms with E-state index < -0.39 is 0 Å². The number of carbonyl (C=O) groups is 1. The molecule has 0 heterocycles. The van der Waals surface area contributed by atoms with Gasteiger partial charge in [-0.2, -0.15) is 0 Å². The van der Waals surface area contributed by atoms with Crippen molar-refractivity contribution in [1.82, 2.24) is 5.32 Å². The molecule has 17 heavy (non-hydrogen) atoms. The smallest absolute Gasteiger partial charge is 0.228 e. The fourth-order valence-corrected chi connectivity index (χ4v) is 1.96. The van der Waals surface area contributed by atoms with E-state index in [1.807, 2.05) is 44.5 Å². The maximum Gasteiger partial charge on any atom is 0.228 e. The molecule has 0 aliphatic carbocycles. The van der Waals surface area contributed by atoms with Crippen LogP contribution in [0.3, 0.4) is 0 Å². The third kappa shape index (κ3) is 4.98. The lowest BCUT2D eigenvalue weighted by molar-refractivity contribution is -0.119. The monoisotopic (exact) mass is 274 g/mol. The number of rotatable bonds is 5. The maximum atomic E-state index is 11.8. The quantitative estimate of drug-likeness (QED) is 0.811. The molecule has 0 bridgehead atoms. The van der Waals surface area contributed by atoms with E-state index in [4.69, 9.17) is 0 Å². The van der Waals surface area contributed by atoms with Gasteiger partial charge in [0.15, 0.2) is 0 Å². The van der Waals surface area contributed by atoms with Gasteiger partial charge in [0.1, 0.15) is 0 Å². The van der Waals surface area contributed by atoms with E-state index >= 15 is 0 Å². The van der Waals surface area contributed by atoms with Crippen molar-refractivity contribution in [1.29, 1.82) is 0 Å². The number of benzene rings is 1. The van der Waals surface area contributed by atoms with Gasteiger partial charge in [-0.3, -0.25) is 4.79 Å². The molecule has 1 aromatic carbocycles. The maximum absolute atomic E-state index is 11.8. The first kappa shape index (κ1) is 16.3. The minimum absolute atomic E-state index is 0. The van der Waals surface area contributed by atoms with E-state index in [-0.39, 0.29) is 24.2 Å². The molecular weight excluding hydrogens is 256 g/mol. The van der Waals surface area contributed by atoms with Gasteiger partial charge in [0, 0.05) is 17.4 Å². The van der Waals surface area contributed by atoms with Gasteiger partial charge >= 0.3 is 0 Å². The highest BCUT2D eigenvalue weighted by molar-refractivity contribution is 7.98. The molecule has 0 saturated carbocycles. The number of carbonyl (C=O) groups excluding carboxylic acids is 1. The standard InChI is InChI=1S/C12H18N2OS.ClH/c1-9(8-13-2)12(15)14-10-6-4-5-7-11(10)16-3;/h4-7,9,13H,8H2,1-3H3,(H,14,15);1H. The third-order valence-electron chi connectivity index (χ3n) is 2.32. The molecule has 0 fully saturated rings. The Balaban J connectivity index is 0.00000256. The Bertz CT molecular complexity index is 360. The lowest BCUT2D eigenvalue weighted by atomic mass is 10.1. The second kappa shape index (κ2) is 8.39. The van der Waals surface area contributed by atoms with Gasteiger partial charge in [0.2, 0.25) is 5.91 Å². The predicted molar refractivity (Wildman–Crippen MR) is 77.2 cm³/mol. The summed E-state index contributed by atoms with van der Waals surface area (Å²) in [5, 5.41) is 5.94. The number of para-hydroxylation sites is 1. The summed E-state index contributed by atoms with van der Waals surface area (Å²) in [4.78, 5) is 12.9. The zero-order chi connectivity index (χ0) is 12.0. The summed E-state index contributed by atoms with van der Waals surface area (Å²) in [5.74, 6) is 0.0239. The fourth-order valence-electron chi connectivity index (χ4n) is 1.40. The number of hydrogen-bond acceptors (Lipinski definition) is 3. The van der Waals surface area contributed by atoms with Crippen molar-refractivity contribution in [3.05, 3.63) is 24.3 Å². The van der Waals surface area contributed by atoms with Crippen molar-refractivity contribution in [2.24, 2.45) is 5.92 Å². The number of amides is 1. The highest BCUT2D eigenvalue weighted by Crippen LogP contribution is 2.24. The number of anilines is 1. The van der Waals surface area contributed by atoms with Crippen LogP contribution in [0.4, 0.5) is 5.69 Å². The van der Waals surface area contributed by atoms with Gasteiger partial charge in [-0.15, -0.1) is 24.2 Å². The lowest BCUT2D eigenvalue weighted by Crippen LogP contribution is -2.28. The van der Waals surface area contributed by atoms with Gasteiger partial charge < -0.3 is 10.6 Å². The van der Waals surface area contributed by atoms with Crippen LogP contribution in [0.1, 0.15) is 6.92 Å². The van der Waals surface area contributed by atoms with Crippen LogP contribution in [0.15, 0.2) is 29.2 Å². The minimum Gasteiger partial charge on any atom is -0.325 e. The lowest BCUT2D eigenvalue weighted by Gasteiger charge is -2.13. The Kier molecular flexibility index (Phi) is 8.04. The first-order valence-corrected chi connectivity index (χ1v) is 6.50. The van der Waals surface area contributed by atoms with Crippen LogP contribution >= 0.6 is 24.2 Å². The first-order chi connectivity index (χ1) is 7.69. The number of hydrogen-bond donors (Lipinski definition) is 2. The molecule has 3 nitrogen and oxygen atoms in total. The van der Waals surface area contributed by atoms with Crippen LogP contribution < -0.4 is 10.6 Å². The van der Waals surface area contributed by atoms with Crippen LogP contribution in [0.2, 0.25) is 0 Å². The van der Waals surface area contributed by atoms with E-state index in [1.54, 1.807) is 11.8 Å². The molecule has 96 valence electrons. The molecule has 1 aromatic rings. The average Bonchev–Trinajstić information content (AvgIpc) is 2.30. The van der Waals surface area contributed by atoms with Crippen LogP contribution in [0.25, 0.3) is 0 Å². The van der Waals surface area contributed by atoms with Crippen LogP contribution in [-0.4, -0.2) is 25.8 Å². The molecular formula is C12H19ClN2OS. The second-order valence-electron chi connectivity index (χ2n) is 3.65. The van der Waals surface area contributed by atoms with Gasteiger partial charge in [0.25, 0.3) is 0 Å². The largest absolute Gasteiger partial charge is 0.325 e. The summed E-state index contributed by atoms with van der Waals surface area (Å²) in [7, 11) is 1.85. The number of halogens is 1. The summed E-state index contributed by atoms with van der Waals surface area (Å²) in [6.45, 7) is 2.60. The molecule has 0 spiro atoms. The molecule has 5 heteroatoms. The highest BCUT2D eigenvalue weighted by Gasteiger charge is 2.12. The van der Waals surface area contributed by atoms with Crippen molar-refractivity contribution < 1.29 is 4.79 Å². The molecule has 0 aromatic heterocycles. The van der Waals surface area contributed by atoms with Crippen molar-refractivity contribution in [2.75, 3.05) is 25.2 Å². The third-order valence-corrected chi connectivity index (χ3v) is 3.12. The van der Waals surface area contributed by atoms with E-state index in [2.05, 4.69) is 10.6 Å². The van der Waals surface area contributed by atoms with Crippen LogP contribution in [-0.2, 0) is 4.79 Å². The Morgan fingerprint density at radius 3 is 2.65 bits per heavy atom. The topological polar surface area (TPSA) is 41.1 Å². The zero-order valence-corrected chi connectivity index (χ0v) is 12.0. The summed E-state index contributed by atoms with van der Waals surface area (Å²) in [6.07, 6.45) is 2.00. The van der Waals surface area contributed by atoms with Crippen molar-refractivity contribution in [2.45, 2.75) is 11.8 Å². The minimum atomic E-state index is -0.0279. The number of nitrogens with one attached hydrogen (secondary N) is 2. The van der Waals surface area contributed by atoms with Gasteiger partial charge in [0.05, 0.1) is 5.69 Å². The molecule has 1 atom stereocenters. The first-order valence-electron chi connectivity index (χ1n) is 5.27. The predicted octanol–water partition coefficient (Wildman–Crippen LogP) is 2.62. The molecule has 0 aliphatic heterocycles. The number of thioether (sulfide) groups is 1. The summed E-state index contributed by atoms with van der Waals surface area (Å²) in [5.41, 5.74) is 0.892. The average molecular weight is 275 g/mol. The van der Waals surface area contributed by atoms with Crippen LogP contribution in [0.5, 0.6) is 0 Å².